The monoisotopic (exact) mass is 211 g/mol. The van der Waals surface area contributed by atoms with Gasteiger partial charge in [0.15, 0.2) is 0 Å². The second-order valence-corrected chi connectivity index (χ2v) is 3.99. The lowest BCUT2D eigenvalue weighted by molar-refractivity contribution is 0.785. The van der Waals surface area contributed by atoms with E-state index in [1.807, 2.05) is 13.0 Å². The summed E-state index contributed by atoms with van der Waals surface area (Å²) in [7, 11) is 0. The molecule has 0 amide bonds. The first-order valence-electron chi connectivity index (χ1n) is 4.93. The molecule has 76 valence electrons. The zero-order valence-corrected chi connectivity index (χ0v) is 9.04. The van der Waals surface area contributed by atoms with E-state index in [1.54, 1.807) is 6.20 Å². The fourth-order valence-electron chi connectivity index (χ4n) is 1.50. The molecule has 0 unspecified atom stereocenters. The number of anilines is 1. The van der Waals surface area contributed by atoms with Gasteiger partial charge in [-0.25, -0.2) is 9.97 Å². The van der Waals surface area contributed by atoms with Gasteiger partial charge in [0.05, 0.1) is 0 Å². The smallest absolute Gasteiger partial charge is 0.225 e. The molecular formula is C10H14ClN3. The first-order valence-corrected chi connectivity index (χ1v) is 5.47. The number of aryl methyl sites for hydroxylation is 1. The van der Waals surface area contributed by atoms with Gasteiger partial charge < -0.3 is 4.90 Å². The number of nitrogens with zero attached hydrogens (tertiary/aromatic N) is 3. The molecule has 0 N–H and O–H groups in total. The van der Waals surface area contributed by atoms with Gasteiger partial charge >= 0.3 is 0 Å². The quantitative estimate of drug-likeness (QED) is 0.714. The fraction of sp³-hybridized carbons (Fsp3) is 0.600. The van der Waals surface area contributed by atoms with Gasteiger partial charge in [0.25, 0.3) is 0 Å². The normalized spacial score (nSPS) is 15.6. The van der Waals surface area contributed by atoms with Crippen molar-refractivity contribution in [1.82, 2.24) is 9.97 Å². The Labute approximate surface area is 89.1 Å². The van der Waals surface area contributed by atoms with Crippen LogP contribution in [-0.4, -0.2) is 28.4 Å². The number of rotatable bonds is 4. The molecule has 4 heteroatoms. The maximum atomic E-state index is 5.76. The van der Waals surface area contributed by atoms with Crippen molar-refractivity contribution in [3.05, 3.63) is 18.0 Å². The molecule has 0 bridgehead atoms. The van der Waals surface area contributed by atoms with E-state index in [1.165, 1.54) is 12.8 Å². The van der Waals surface area contributed by atoms with Crippen LogP contribution in [0.1, 0.15) is 18.5 Å². The standard InChI is InChI=1S/C10H14ClN3/c1-8-4-6-12-10(13-8)14(7-5-11)9-2-3-9/h4,6,9H,2-3,5,7H2,1H3. The van der Waals surface area contributed by atoms with Crippen LogP contribution >= 0.6 is 11.6 Å². The first-order chi connectivity index (χ1) is 6.81. The highest BCUT2D eigenvalue weighted by molar-refractivity contribution is 6.18. The number of halogens is 1. The second kappa shape index (κ2) is 4.13. The van der Waals surface area contributed by atoms with Crippen molar-refractivity contribution in [2.75, 3.05) is 17.3 Å². The molecular weight excluding hydrogens is 198 g/mol. The number of hydrogen-bond donors (Lipinski definition) is 0. The van der Waals surface area contributed by atoms with Gasteiger partial charge in [0.2, 0.25) is 5.95 Å². The van der Waals surface area contributed by atoms with Gasteiger partial charge in [-0.05, 0) is 25.8 Å². The summed E-state index contributed by atoms with van der Waals surface area (Å²) in [5.74, 6) is 1.46. The summed E-state index contributed by atoms with van der Waals surface area (Å²) in [6.45, 7) is 2.83. The van der Waals surface area contributed by atoms with Crippen LogP contribution in [-0.2, 0) is 0 Å². The molecule has 1 aliphatic carbocycles. The van der Waals surface area contributed by atoms with Crippen molar-refractivity contribution < 1.29 is 0 Å². The van der Waals surface area contributed by atoms with Crippen molar-refractivity contribution in [2.45, 2.75) is 25.8 Å². The first kappa shape index (κ1) is 9.71. The molecule has 1 saturated carbocycles. The molecule has 1 aromatic rings. The van der Waals surface area contributed by atoms with Gasteiger partial charge in [-0.15, -0.1) is 11.6 Å². The third-order valence-corrected chi connectivity index (χ3v) is 2.52. The Balaban J connectivity index is 2.16. The van der Waals surface area contributed by atoms with Crippen LogP contribution < -0.4 is 4.90 Å². The van der Waals surface area contributed by atoms with Gasteiger partial charge in [-0.2, -0.15) is 0 Å². The molecule has 0 aliphatic heterocycles. The predicted molar refractivity (Wildman–Crippen MR) is 57.9 cm³/mol. The van der Waals surface area contributed by atoms with Crippen molar-refractivity contribution in [3.63, 3.8) is 0 Å². The lowest BCUT2D eigenvalue weighted by atomic mass is 10.4. The molecule has 0 radical (unpaired) electrons. The summed E-state index contributed by atoms with van der Waals surface area (Å²) >= 11 is 5.76. The Hall–Kier alpha value is -0.830. The maximum absolute atomic E-state index is 5.76. The van der Waals surface area contributed by atoms with Crippen LogP contribution in [0.3, 0.4) is 0 Å². The van der Waals surface area contributed by atoms with Gasteiger partial charge in [-0.3, -0.25) is 0 Å². The Kier molecular flexibility index (Phi) is 2.87. The Bertz CT molecular complexity index is 312. The second-order valence-electron chi connectivity index (χ2n) is 3.61. The molecule has 3 nitrogen and oxygen atoms in total. The van der Waals surface area contributed by atoms with E-state index in [-0.39, 0.29) is 0 Å². The molecule has 2 rings (SSSR count). The predicted octanol–water partition coefficient (Wildman–Crippen LogP) is 1.99. The fourth-order valence-corrected chi connectivity index (χ4v) is 1.68. The minimum atomic E-state index is 0.621. The molecule has 1 heterocycles. The minimum Gasteiger partial charge on any atom is -0.337 e. The topological polar surface area (TPSA) is 29.0 Å². The van der Waals surface area contributed by atoms with E-state index >= 15 is 0 Å². The van der Waals surface area contributed by atoms with Gasteiger partial charge in [0, 0.05) is 30.4 Å². The molecule has 14 heavy (non-hydrogen) atoms. The van der Waals surface area contributed by atoms with Gasteiger partial charge in [0.1, 0.15) is 0 Å². The van der Waals surface area contributed by atoms with E-state index in [2.05, 4.69) is 14.9 Å². The largest absolute Gasteiger partial charge is 0.337 e. The lowest BCUT2D eigenvalue weighted by Crippen LogP contribution is -2.29. The molecule has 0 aromatic carbocycles. The van der Waals surface area contributed by atoms with Crippen molar-refractivity contribution in [1.29, 1.82) is 0 Å². The van der Waals surface area contributed by atoms with Crippen molar-refractivity contribution in [2.24, 2.45) is 0 Å². The van der Waals surface area contributed by atoms with Crippen LogP contribution in [0.15, 0.2) is 12.3 Å². The summed E-state index contributed by atoms with van der Waals surface area (Å²) < 4.78 is 0. The Morgan fingerprint density at radius 1 is 1.57 bits per heavy atom. The highest BCUT2D eigenvalue weighted by Gasteiger charge is 2.30. The average molecular weight is 212 g/mol. The molecule has 1 aliphatic rings. The van der Waals surface area contributed by atoms with E-state index < -0.39 is 0 Å². The van der Waals surface area contributed by atoms with Crippen LogP contribution in [0.5, 0.6) is 0 Å². The van der Waals surface area contributed by atoms with Crippen molar-refractivity contribution >= 4 is 17.5 Å². The maximum Gasteiger partial charge on any atom is 0.225 e. The number of aromatic nitrogens is 2. The zero-order chi connectivity index (χ0) is 9.97. The lowest BCUT2D eigenvalue weighted by Gasteiger charge is -2.20. The van der Waals surface area contributed by atoms with E-state index in [9.17, 15) is 0 Å². The third-order valence-electron chi connectivity index (χ3n) is 2.35. The van der Waals surface area contributed by atoms with E-state index in [4.69, 9.17) is 11.6 Å². The number of alkyl halides is 1. The highest BCUT2D eigenvalue weighted by Crippen LogP contribution is 2.29. The summed E-state index contributed by atoms with van der Waals surface area (Å²) in [6.07, 6.45) is 4.30. The molecule has 0 spiro atoms. The number of hydrogen-bond acceptors (Lipinski definition) is 3. The molecule has 1 fully saturated rings. The minimum absolute atomic E-state index is 0.621. The molecule has 0 saturated heterocycles. The van der Waals surface area contributed by atoms with Crippen LogP contribution in [0.4, 0.5) is 5.95 Å². The van der Waals surface area contributed by atoms with Crippen LogP contribution in [0.2, 0.25) is 0 Å². The summed E-state index contributed by atoms with van der Waals surface area (Å²) in [5.41, 5.74) is 1.01. The van der Waals surface area contributed by atoms with Gasteiger partial charge in [-0.1, -0.05) is 0 Å². The van der Waals surface area contributed by atoms with Crippen LogP contribution in [0.25, 0.3) is 0 Å². The molecule has 0 atom stereocenters. The average Bonchev–Trinajstić information content (AvgIpc) is 2.97. The van der Waals surface area contributed by atoms with Crippen LogP contribution in [0, 0.1) is 6.92 Å². The van der Waals surface area contributed by atoms with E-state index in [0.717, 1.165) is 18.2 Å². The summed E-state index contributed by atoms with van der Waals surface area (Å²) in [5, 5.41) is 0. The zero-order valence-electron chi connectivity index (χ0n) is 8.28. The van der Waals surface area contributed by atoms with Crippen molar-refractivity contribution in [3.8, 4) is 0 Å². The Morgan fingerprint density at radius 2 is 2.36 bits per heavy atom. The third kappa shape index (κ3) is 2.15. The van der Waals surface area contributed by atoms with E-state index in [0.29, 0.717) is 11.9 Å². The Morgan fingerprint density at radius 3 is 2.93 bits per heavy atom. The summed E-state index contributed by atoms with van der Waals surface area (Å²) in [4.78, 5) is 10.9. The SMILES string of the molecule is Cc1ccnc(N(CCCl)C2CC2)n1. The summed E-state index contributed by atoms with van der Waals surface area (Å²) in [6, 6.07) is 2.53. The molecule has 1 aromatic heterocycles. The highest BCUT2D eigenvalue weighted by atomic mass is 35.5.